The molecule has 12 heavy (non-hydrogen) atoms. The van der Waals surface area contributed by atoms with Crippen LogP contribution in [0.2, 0.25) is 0 Å². The van der Waals surface area contributed by atoms with Crippen molar-refractivity contribution < 1.29 is 9.90 Å². The Morgan fingerprint density at radius 2 is 1.83 bits per heavy atom. The zero-order valence-corrected chi connectivity index (χ0v) is 6.16. The van der Waals surface area contributed by atoms with Crippen molar-refractivity contribution in [2.45, 2.75) is 12.8 Å². The molecule has 0 heterocycles. The Bertz CT molecular complexity index is 234. The summed E-state index contributed by atoms with van der Waals surface area (Å²) in [6, 6.07) is 9.62. The number of carboxylic acids is 1. The van der Waals surface area contributed by atoms with Crippen LogP contribution < -0.4 is 0 Å². The van der Waals surface area contributed by atoms with E-state index in [1.54, 1.807) is 0 Å². The Hall–Kier alpha value is -0.778. The molecule has 0 aromatic heterocycles. The highest BCUT2D eigenvalue weighted by molar-refractivity contribution is 5.75. The molecule has 64 valence electrons. The minimum absolute atomic E-state index is 0. The topological polar surface area (TPSA) is 37.3 Å². The van der Waals surface area contributed by atoms with Gasteiger partial charge in [-0.2, -0.15) is 0 Å². The number of rotatable bonds is 3. The zero-order chi connectivity index (χ0) is 8.10. The fourth-order valence-electron chi connectivity index (χ4n) is 0.896. The highest BCUT2D eigenvalue weighted by Crippen LogP contribution is 2.01. The standard InChI is InChI=1S/C9H10O2.Al.3H/c10-9(11)7-6-8-4-2-1-3-5-8;;;;/h1-5H,6-7H2,(H,10,11);;;;. The van der Waals surface area contributed by atoms with Crippen molar-refractivity contribution in [3.8, 4) is 0 Å². The van der Waals surface area contributed by atoms with Gasteiger partial charge >= 0.3 is 5.97 Å². The minimum Gasteiger partial charge on any atom is -0.481 e. The van der Waals surface area contributed by atoms with Crippen LogP contribution in [0.3, 0.4) is 0 Å². The van der Waals surface area contributed by atoms with Gasteiger partial charge in [-0.15, -0.1) is 0 Å². The van der Waals surface area contributed by atoms with Crippen molar-refractivity contribution >= 4 is 23.3 Å². The van der Waals surface area contributed by atoms with Gasteiger partial charge in [0.2, 0.25) is 0 Å². The maximum absolute atomic E-state index is 10.2. The predicted octanol–water partition coefficient (Wildman–Crippen LogP) is 0.520. The molecule has 0 unspecified atom stereocenters. The molecule has 0 aliphatic heterocycles. The van der Waals surface area contributed by atoms with Crippen LogP contribution in [0.25, 0.3) is 0 Å². The lowest BCUT2D eigenvalue weighted by Gasteiger charge is -1.95. The van der Waals surface area contributed by atoms with E-state index >= 15 is 0 Å². The van der Waals surface area contributed by atoms with Crippen LogP contribution in [0.4, 0.5) is 0 Å². The van der Waals surface area contributed by atoms with Crippen LogP contribution in [0.1, 0.15) is 12.0 Å². The van der Waals surface area contributed by atoms with Crippen LogP contribution in [0.5, 0.6) is 0 Å². The molecule has 1 aromatic carbocycles. The first kappa shape index (κ1) is 11.2. The highest BCUT2D eigenvalue weighted by Gasteiger charge is 1.96. The van der Waals surface area contributed by atoms with Gasteiger partial charge in [0.1, 0.15) is 0 Å². The molecule has 0 radical (unpaired) electrons. The molecule has 0 amide bonds. The van der Waals surface area contributed by atoms with Gasteiger partial charge in [-0.3, -0.25) is 4.79 Å². The Kier molecular flexibility index (Phi) is 5.44. The van der Waals surface area contributed by atoms with Gasteiger partial charge in [-0.25, -0.2) is 0 Å². The summed E-state index contributed by atoms with van der Waals surface area (Å²) in [5, 5.41) is 8.37. The van der Waals surface area contributed by atoms with E-state index in [0.717, 1.165) is 5.56 Å². The average Bonchev–Trinajstić information content (AvgIpc) is 2.03. The number of benzene rings is 1. The molecular formula is C9H13AlO2. The van der Waals surface area contributed by atoms with Crippen LogP contribution in [0.15, 0.2) is 30.3 Å². The van der Waals surface area contributed by atoms with E-state index in [1.165, 1.54) is 0 Å². The fourth-order valence-corrected chi connectivity index (χ4v) is 0.896. The number of aliphatic carboxylic acids is 1. The molecule has 1 rings (SSSR count). The summed E-state index contributed by atoms with van der Waals surface area (Å²) in [5.74, 6) is -0.742. The maximum Gasteiger partial charge on any atom is 0.303 e. The summed E-state index contributed by atoms with van der Waals surface area (Å²) in [6.07, 6.45) is 0.834. The SMILES string of the molecule is O=C(O)CCc1ccccc1.[AlH3]. The highest BCUT2D eigenvalue weighted by atomic mass is 27.0. The monoisotopic (exact) mass is 180 g/mol. The van der Waals surface area contributed by atoms with E-state index in [0.29, 0.717) is 6.42 Å². The average molecular weight is 180 g/mol. The van der Waals surface area contributed by atoms with Gasteiger partial charge in [0.25, 0.3) is 0 Å². The Morgan fingerprint density at radius 3 is 2.33 bits per heavy atom. The number of aryl methyl sites for hydroxylation is 1. The van der Waals surface area contributed by atoms with Crippen LogP contribution >= 0.6 is 0 Å². The van der Waals surface area contributed by atoms with E-state index in [1.807, 2.05) is 30.3 Å². The van der Waals surface area contributed by atoms with E-state index < -0.39 is 5.97 Å². The summed E-state index contributed by atoms with van der Waals surface area (Å²) in [6.45, 7) is 0. The molecule has 0 fully saturated rings. The van der Waals surface area contributed by atoms with Crippen molar-refractivity contribution in [3.05, 3.63) is 35.9 Å². The molecule has 3 heteroatoms. The smallest absolute Gasteiger partial charge is 0.303 e. The van der Waals surface area contributed by atoms with Gasteiger partial charge in [-0.05, 0) is 12.0 Å². The number of hydrogen-bond donors (Lipinski definition) is 1. The fraction of sp³-hybridized carbons (Fsp3) is 0.222. The van der Waals surface area contributed by atoms with E-state index in [9.17, 15) is 4.79 Å². The molecule has 0 aliphatic rings. The summed E-state index contributed by atoms with van der Waals surface area (Å²) in [5.41, 5.74) is 1.08. The first-order chi connectivity index (χ1) is 5.29. The lowest BCUT2D eigenvalue weighted by molar-refractivity contribution is -0.136. The predicted molar refractivity (Wildman–Crippen MR) is 52.3 cm³/mol. The van der Waals surface area contributed by atoms with Crippen LogP contribution in [0, 0.1) is 0 Å². The molecule has 0 spiro atoms. The molecular weight excluding hydrogens is 167 g/mol. The number of carboxylic acid groups (broad SMARTS) is 1. The van der Waals surface area contributed by atoms with Crippen molar-refractivity contribution in [2.75, 3.05) is 0 Å². The summed E-state index contributed by atoms with van der Waals surface area (Å²) >= 11 is 0. The lowest BCUT2D eigenvalue weighted by atomic mass is 10.1. The lowest BCUT2D eigenvalue weighted by Crippen LogP contribution is -1.96. The van der Waals surface area contributed by atoms with Gasteiger partial charge in [0, 0.05) is 6.42 Å². The Morgan fingerprint density at radius 1 is 1.25 bits per heavy atom. The van der Waals surface area contributed by atoms with E-state index in [-0.39, 0.29) is 23.8 Å². The molecule has 2 nitrogen and oxygen atoms in total. The van der Waals surface area contributed by atoms with Crippen molar-refractivity contribution in [2.24, 2.45) is 0 Å². The van der Waals surface area contributed by atoms with Crippen molar-refractivity contribution in [1.82, 2.24) is 0 Å². The molecule has 1 N–H and O–H groups in total. The van der Waals surface area contributed by atoms with Crippen molar-refractivity contribution in [1.29, 1.82) is 0 Å². The first-order valence-electron chi connectivity index (χ1n) is 3.55. The maximum atomic E-state index is 10.2. The molecule has 1 aromatic rings. The second-order valence-corrected chi connectivity index (χ2v) is 2.38. The third-order valence-corrected chi connectivity index (χ3v) is 1.47. The molecule has 0 saturated carbocycles. The molecule has 0 atom stereocenters. The minimum atomic E-state index is -0.742. The van der Waals surface area contributed by atoms with E-state index in [4.69, 9.17) is 5.11 Å². The van der Waals surface area contributed by atoms with Crippen LogP contribution in [-0.4, -0.2) is 28.4 Å². The van der Waals surface area contributed by atoms with Crippen molar-refractivity contribution in [3.63, 3.8) is 0 Å². The second-order valence-electron chi connectivity index (χ2n) is 2.38. The molecule has 0 saturated heterocycles. The summed E-state index contributed by atoms with van der Waals surface area (Å²) in [4.78, 5) is 10.2. The van der Waals surface area contributed by atoms with Crippen LogP contribution in [-0.2, 0) is 11.2 Å². The third-order valence-electron chi connectivity index (χ3n) is 1.47. The Labute approximate surface area is 82.4 Å². The van der Waals surface area contributed by atoms with Gasteiger partial charge in [0.15, 0.2) is 17.4 Å². The largest absolute Gasteiger partial charge is 0.481 e. The second kappa shape index (κ2) is 5.82. The zero-order valence-electron chi connectivity index (χ0n) is 6.16. The summed E-state index contributed by atoms with van der Waals surface area (Å²) < 4.78 is 0. The van der Waals surface area contributed by atoms with Gasteiger partial charge in [-0.1, -0.05) is 30.3 Å². The van der Waals surface area contributed by atoms with Gasteiger partial charge in [0.05, 0.1) is 0 Å². The molecule has 0 aliphatic carbocycles. The normalized spacial score (nSPS) is 8.67. The summed E-state index contributed by atoms with van der Waals surface area (Å²) in [7, 11) is 0. The number of carbonyl (C=O) groups is 1. The van der Waals surface area contributed by atoms with E-state index in [2.05, 4.69) is 0 Å². The quantitative estimate of drug-likeness (QED) is 0.688. The first-order valence-corrected chi connectivity index (χ1v) is 3.55. The number of hydrogen-bond acceptors (Lipinski definition) is 1. The van der Waals surface area contributed by atoms with Gasteiger partial charge < -0.3 is 5.11 Å². The third kappa shape index (κ3) is 4.17. The molecule has 0 bridgehead atoms. The Balaban J connectivity index is 0.00000121.